The number of rotatable bonds is 5. The Kier molecular flexibility index (Phi) is 4.11. The molecule has 1 saturated carbocycles. The Morgan fingerprint density at radius 2 is 1.77 bits per heavy atom. The number of hydrogen-bond donors (Lipinski definition) is 1. The van der Waals surface area contributed by atoms with Crippen molar-refractivity contribution in [1.82, 2.24) is 0 Å². The smallest absolute Gasteiger partial charge is 0.235 e. The summed E-state index contributed by atoms with van der Waals surface area (Å²) in [5, 5.41) is 3.00. The molecular formula is C20H21NO5. The van der Waals surface area contributed by atoms with Gasteiger partial charge < -0.3 is 24.3 Å². The predicted octanol–water partition coefficient (Wildman–Crippen LogP) is 3.15. The van der Waals surface area contributed by atoms with Crippen LogP contribution in [0.1, 0.15) is 18.4 Å². The van der Waals surface area contributed by atoms with Crippen molar-refractivity contribution in [2.24, 2.45) is 0 Å². The number of fused-ring (bicyclic) bond motifs is 1. The van der Waals surface area contributed by atoms with Crippen molar-refractivity contribution in [3.63, 3.8) is 0 Å². The summed E-state index contributed by atoms with van der Waals surface area (Å²) >= 11 is 0. The molecule has 6 nitrogen and oxygen atoms in total. The highest BCUT2D eigenvalue weighted by molar-refractivity contribution is 6.02. The number of methoxy groups -OCH3 is 2. The topological polar surface area (TPSA) is 66.0 Å². The molecule has 1 amide bonds. The third kappa shape index (κ3) is 2.81. The van der Waals surface area contributed by atoms with Gasteiger partial charge in [0, 0.05) is 6.07 Å². The van der Waals surface area contributed by atoms with E-state index >= 15 is 0 Å². The minimum absolute atomic E-state index is 0.0438. The van der Waals surface area contributed by atoms with E-state index in [9.17, 15) is 4.79 Å². The number of hydrogen-bond acceptors (Lipinski definition) is 5. The number of carbonyl (C=O) groups is 1. The van der Waals surface area contributed by atoms with E-state index in [0.717, 1.165) is 24.2 Å². The molecule has 0 unspecified atom stereocenters. The lowest BCUT2D eigenvalue weighted by atomic mass is 9.94. The lowest BCUT2D eigenvalue weighted by molar-refractivity contribution is -0.118. The van der Waals surface area contributed by atoms with Gasteiger partial charge >= 0.3 is 0 Å². The van der Waals surface area contributed by atoms with Crippen LogP contribution in [0.2, 0.25) is 0 Å². The molecule has 4 rings (SSSR count). The van der Waals surface area contributed by atoms with Gasteiger partial charge in [0.2, 0.25) is 5.91 Å². The molecule has 1 N–H and O–H groups in total. The second-order valence-corrected chi connectivity index (χ2v) is 6.46. The summed E-state index contributed by atoms with van der Waals surface area (Å²) in [5.41, 5.74) is 1.05. The Morgan fingerprint density at radius 1 is 1.00 bits per heavy atom. The zero-order valence-electron chi connectivity index (χ0n) is 14.8. The Bertz CT molecular complexity index is 844. The van der Waals surface area contributed by atoms with Gasteiger partial charge in [0.05, 0.1) is 25.3 Å². The SMILES string of the molecule is COc1ccc(NC(=O)C2(c3ccc4c(c3)OCCO4)CC2)c(OC)c1. The number of nitrogens with one attached hydrogen (secondary N) is 1. The molecule has 2 aliphatic rings. The number of benzene rings is 2. The van der Waals surface area contributed by atoms with Gasteiger partial charge in [-0.1, -0.05) is 6.07 Å². The van der Waals surface area contributed by atoms with Crippen molar-refractivity contribution in [2.45, 2.75) is 18.3 Å². The summed E-state index contributed by atoms with van der Waals surface area (Å²) < 4.78 is 21.8. The predicted molar refractivity (Wildman–Crippen MR) is 96.5 cm³/mol. The fourth-order valence-corrected chi connectivity index (χ4v) is 3.26. The molecule has 1 fully saturated rings. The maximum atomic E-state index is 13.0. The first-order chi connectivity index (χ1) is 12.7. The first kappa shape index (κ1) is 16.6. The van der Waals surface area contributed by atoms with Crippen LogP contribution < -0.4 is 24.3 Å². The molecule has 0 bridgehead atoms. The molecule has 0 atom stereocenters. The molecule has 1 heterocycles. The van der Waals surface area contributed by atoms with E-state index in [4.69, 9.17) is 18.9 Å². The summed E-state index contributed by atoms with van der Waals surface area (Å²) in [5.74, 6) is 2.63. The molecule has 0 radical (unpaired) electrons. The molecule has 0 aromatic heterocycles. The second kappa shape index (κ2) is 6.44. The number of carbonyl (C=O) groups excluding carboxylic acids is 1. The quantitative estimate of drug-likeness (QED) is 0.893. The van der Waals surface area contributed by atoms with Gasteiger partial charge in [0.25, 0.3) is 0 Å². The number of amides is 1. The molecule has 2 aromatic carbocycles. The summed E-state index contributed by atoms with van der Waals surface area (Å²) in [6.07, 6.45) is 1.61. The van der Waals surface area contributed by atoms with Gasteiger partial charge in [-0.05, 0) is 42.7 Å². The average Bonchev–Trinajstić information content (AvgIpc) is 3.50. The summed E-state index contributed by atoms with van der Waals surface area (Å²) in [6, 6.07) is 11.1. The van der Waals surface area contributed by atoms with E-state index in [1.54, 1.807) is 32.4 Å². The number of anilines is 1. The van der Waals surface area contributed by atoms with Crippen LogP contribution >= 0.6 is 0 Å². The van der Waals surface area contributed by atoms with Crippen molar-refractivity contribution < 1.29 is 23.7 Å². The van der Waals surface area contributed by atoms with Crippen molar-refractivity contribution in [1.29, 1.82) is 0 Å². The van der Waals surface area contributed by atoms with E-state index < -0.39 is 5.41 Å². The van der Waals surface area contributed by atoms with Crippen LogP contribution in [-0.4, -0.2) is 33.3 Å². The molecule has 6 heteroatoms. The van der Waals surface area contributed by atoms with Gasteiger partial charge in [-0.25, -0.2) is 0 Å². The lowest BCUT2D eigenvalue weighted by Crippen LogP contribution is -2.28. The van der Waals surface area contributed by atoms with Gasteiger partial charge in [-0.2, -0.15) is 0 Å². The molecule has 2 aromatic rings. The second-order valence-electron chi connectivity index (χ2n) is 6.46. The zero-order valence-corrected chi connectivity index (χ0v) is 14.8. The minimum atomic E-state index is -0.527. The molecule has 0 spiro atoms. The summed E-state index contributed by atoms with van der Waals surface area (Å²) in [6.45, 7) is 1.08. The maximum Gasteiger partial charge on any atom is 0.235 e. The van der Waals surface area contributed by atoms with Gasteiger partial charge in [-0.3, -0.25) is 4.79 Å². The van der Waals surface area contributed by atoms with Gasteiger partial charge in [0.1, 0.15) is 24.7 Å². The Balaban J connectivity index is 1.58. The Morgan fingerprint density at radius 3 is 2.46 bits per heavy atom. The van der Waals surface area contributed by atoms with Crippen LogP contribution in [0.5, 0.6) is 23.0 Å². The van der Waals surface area contributed by atoms with Gasteiger partial charge in [-0.15, -0.1) is 0 Å². The van der Waals surface area contributed by atoms with Crippen molar-refractivity contribution in [2.75, 3.05) is 32.8 Å². The Labute approximate surface area is 152 Å². The molecular weight excluding hydrogens is 334 g/mol. The highest BCUT2D eigenvalue weighted by Crippen LogP contribution is 2.51. The van der Waals surface area contributed by atoms with Crippen LogP contribution in [-0.2, 0) is 10.2 Å². The molecule has 136 valence electrons. The monoisotopic (exact) mass is 355 g/mol. The first-order valence-electron chi connectivity index (χ1n) is 8.60. The van der Waals surface area contributed by atoms with Crippen LogP contribution in [0.3, 0.4) is 0 Å². The molecule has 0 saturated heterocycles. The highest BCUT2D eigenvalue weighted by atomic mass is 16.6. The third-order valence-corrected chi connectivity index (χ3v) is 4.94. The summed E-state index contributed by atoms with van der Waals surface area (Å²) in [4.78, 5) is 13.0. The highest BCUT2D eigenvalue weighted by Gasteiger charge is 2.51. The Hall–Kier alpha value is -2.89. The van der Waals surface area contributed by atoms with Crippen LogP contribution in [0.15, 0.2) is 36.4 Å². The fraction of sp³-hybridized carbons (Fsp3) is 0.350. The largest absolute Gasteiger partial charge is 0.497 e. The van der Waals surface area contributed by atoms with Crippen LogP contribution in [0.4, 0.5) is 5.69 Å². The van der Waals surface area contributed by atoms with Crippen molar-refractivity contribution in [3.05, 3.63) is 42.0 Å². The first-order valence-corrected chi connectivity index (χ1v) is 8.60. The summed E-state index contributed by atoms with van der Waals surface area (Å²) in [7, 11) is 3.16. The van der Waals surface area contributed by atoms with E-state index in [2.05, 4.69) is 5.32 Å². The third-order valence-electron chi connectivity index (χ3n) is 4.94. The van der Waals surface area contributed by atoms with E-state index in [1.807, 2.05) is 18.2 Å². The minimum Gasteiger partial charge on any atom is -0.497 e. The van der Waals surface area contributed by atoms with Crippen molar-refractivity contribution >= 4 is 11.6 Å². The number of ether oxygens (including phenoxy) is 4. The zero-order chi connectivity index (χ0) is 18.1. The lowest BCUT2D eigenvalue weighted by Gasteiger charge is -2.22. The average molecular weight is 355 g/mol. The maximum absolute atomic E-state index is 13.0. The van der Waals surface area contributed by atoms with Gasteiger partial charge in [0.15, 0.2) is 11.5 Å². The van der Waals surface area contributed by atoms with E-state index in [-0.39, 0.29) is 5.91 Å². The molecule has 26 heavy (non-hydrogen) atoms. The molecule has 1 aliphatic carbocycles. The van der Waals surface area contributed by atoms with E-state index in [1.165, 1.54) is 0 Å². The normalized spacial score (nSPS) is 16.5. The van der Waals surface area contributed by atoms with Crippen molar-refractivity contribution in [3.8, 4) is 23.0 Å². The van der Waals surface area contributed by atoms with E-state index in [0.29, 0.717) is 36.1 Å². The van der Waals surface area contributed by atoms with Crippen LogP contribution in [0.25, 0.3) is 0 Å². The fourth-order valence-electron chi connectivity index (χ4n) is 3.26. The standard InChI is InChI=1S/C20H21NO5/c1-23-14-4-5-15(17(12-14)24-2)21-19(22)20(7-8-20)13-3-6-16-18(11-13)26-10-9-25-16/h3-6,11-12H,7-10H2,1-2H3,(H,21,22). The molecule has 1 aliphatic heterocycles. The van der Waals surface area contributed by atoms with Crippen LogP contribution in [0, 0.1) is 0 Å².